The van der Waals surface area contributed by atoms with E-state index < -0.39 is 5.11 Å². The normalized spacial score (nSPS) is 13.5. The lowest BCUT2D eigenvalue weighted by molar-refractivity contribution is 0.0945. The van der Waals surface area contributed by atoms with Crippen LogP contribution in [0.2, 0.25) is 0 Å². The van der Waals surface area contributed by atoms with E-state index in [1.54, 1.807) is 24.7 Å². The minimum absolute atomic E-state index is 0.274. The summed E-state index contributed by atoms with van der Waals surface area (Å²) in [4.78, 5) is 23.0. The Balaban J connectivity index is 1.48. The highest BCUT2D eigenvalue weighted by atomic mass is 16.1. The predicted octanol–water partition coefficient (Wildman–Crippen LogP) is 0.684. The summed E-state index contributed by atoms with van der Waals surface area (Å²) in [5, 5.41) is 9.89. The van der Waals surface area contributed by atoms with Gasteiger partial charge in [0.15, 0.2) is 11.5 Å². The molecule has 1 amide bonds. The Bertz CT molecular complexity index is 1100. The first-order chi connectivity index (χ1) is 14.8. The number of rotatable bonds is 5. The second-order valence-corrected chi connectivity index (χ2v) is 7.71. The van der Waals surface area contributed by atoms with Crippen molar-refractivity contribution in [3.63, 3.8) is 0 Å². The monoisotopic (exact) mass is 404 g/mol. The van der Waals surface area contributed by atoms with Gasteiger partial charge < -0.3 is 10.2 Å². The van der Waals surface area contributed by atoms with Gasteiger partial charge in [0.05, 0.1) is 23.5 Å². The van der Waals surface area contributed by atoms with Crippen molar-refractivity contribution in [1.29, 1.82) is 0 Å². The fourth-order valence-corrected chi connectivity index (χ4v) is 3.52. The number of fused-ring (bicyclic) bond motifs is 1. The van der Waals surface area contributed by atoms with Gasteiger partial charge in [-0.05, 0) is 47.4 Å². The molecule has 4 heterocycles. The van der Waals surface area contributed by atoms with Crippen molar-refractivity contribution in [3.05, 3.63) is 76.5 Å². The zero-order chi connectivity index (χ0) is 22.0. The quantitative estimate of drug-likeness (QED) is 0.631. The zero-order valence-corrected chi connectivity index (χ0v) is 17.2. The summed E-state index contributed by atoms with van der Waals surface area (Å²) in [5.41, 5.74) is 4.65. The van der Waals surface area contributed by atoms with E-state index >= 15 is 0 Å². The van der Waals surface area contributed by atoms with Crippen LogP contribution in [0.5, 0.6) is 0 Å². The lowest BCUT2D eigenvalue weighted by Crippen LogP contribution is -2.34. The van der Waals surface area contributed by atoms with Crippen LogP contribution < -0.4 is 10.2 Å². The van der Waals surface area contributed by atoms with Crippen molar-refractivity contribution < 1.29 is 4.79 Å². The summed E-state index contributed by atoms with van der Waals surface area (Å²) in [6.07, 6.45) is 5.74. The van der Waals surface area contributed by atoms with Crippen molar-refractivity contribution >= 4 is 35.3 Å². The van der Waals surface area contributed by atoms with Crippen molar-refractivity contribution in [3.8, 4) is 0 Å². The summed E-state index contributed by atoms with van der Waals surface area (Å²) >= 11 is 0. The summed E-state index contributed by atoms with van der Waals surface area (Å²) in [6.45, 7) is 3.63. The maximum Gasteiger partial charge on any atom is 0.272 e. The molecule has 0 aliphatic carbocycles. The molecular formula is C21H19B3N6O. The molecule has 0 unspecified atom stereocenters. The molecule has 1 N–H and O–H groups in total. The second-order valence-electron chi connectivity index (χ2n) is 7.71. The molecule has 10 heteroatoms. The number of nitrogens with one attached hydrogen (secondary N) is 1. The summed E-state index contributed by atoms with van der Waals surface area (Å²) in [7, 11) is 17.4. The maximum absolute atomic E-state index is 12.5. The second kappa shape index (κ2) is 8.53. The minimum atomic E-state index is -1.44. The Morgan fingerprint density at radius 2 is 1.97 bits per heavy atom. The molecule has 0 saturated carbocycles. The molecule has 0 fully saturated rings. The van der Waals surface area contributed by atoms with Crippen molar-refractivity contribution in [2.24, 2.45) is 0 Å². The molecule has 3 aromatic rings. The lowest BCUT2D eigenvalue weighted by Gasteiger charge is -2.31. The molecule has 1 aliphatic heterocycles. The van der Waals surface area contributed by atoms with Crippen molar-refractivity contribution in [2.45, 2.75) is 31.5 Å². The van der Waals surface area contributed by atoms with E-state index in [2.05, 4.69) is 30.4 Å². The van der Waals surface area contributed by atoms with Crippen LogP contribution in [0.15, 0.2) is 42.9 Å². The first-order valence-electron chi connectivity index (χ1n) is 9.92. The van der Waals surface area contributed by atoms with Gasteiger partial charge in [0.25, 0.3) is 5.91 Å². The minimum Gasteiger partial charge on any atom is -0.350 e. The zero-order valence-electron chi connectivity index (χ0n) is 17.2. The maximum atomic E-state index is 12.5. The van der Waals surface area contributed by atoms with Crippen LogP contribution in [0.3, 0.4) is 0 Å². The number of aromatic nitrogens is 4. The molecule has 0 bridgehead atoms. The average molecular weight is 404 g/mol. The third-order valence-electron chi connectivity index (χ3n) is 5.23. The van der Waals surface area contributed by atoms with Crippen LogP contribution in [0, 0.1) is 6.92 Å². The Morgan fingerprint density at radius 1 is 1.19 bits per heavy atom. The van der Waals surface area contributed by atoms with Gasteiger partial charge in [0.1, 0.15) is 0 Å². The van der Waals surface area contributed by atoms with Gasteiger partial charge in [-0.3, -0.25) is 14.8 Å². The summed E-state index contributed by atoms with van der Waals surface area (Å²) < 4.78 is 0. The van der Waals surface area contributed by atoms with Gasteiger partial charge in [0, 0.05) is 50.3 Å². The highest BCUT2D eigenvalue weighted by molar-refractivity contribution is 6.58. The molecule has 148 valence electrons. The van der Waals surface area contributed by atoms with E-state index in [0.29, 0.717) is 18.7 Å². The number of hydrogen-bond acceptors (Lipinski definition) is 6. The average Bonchev–Trinajstić information content (AvgIpc) is 2.76. The topological polar surface area (TPSA) is 83.9 Å². The van der Waals surface area contributed by atoms with Gasteiger partial charge in [-0.15, -0.1) is 15.3 Å². The van der Waals surface area contributed by atoms with Crippen LogP contribution in [-0.4, -0.2) is 56.2 Å². The molecule has 31 heavy (non-hydrogen) atoms. The predicted molar refractivity (Wildman–Crippen MR) is 120 cm³/mol. The van der Waals surface area contributed by atoms with E-state index in [-0.39, 0.29) is 11.6 Å². The van der Waals surface area contributed by atoms with Crippen molar-refractivity contribution in [2.75, 3.05) is 11.4 Å². The van der Waals surface area contributed by atoms with Crippen LogP contribution in [0.4, 0.5) is 5.82 Å². The third kappa shape index (κ3) is 4.79. The van der Waals surface area contributed by atoms with Crippen LogP contribution in [-0.2, 0) is 24.6 Å². The van der Waals surface area contributed by atoms with Gasteiger partial charge in [-0.2, -0.15) is 0 Å². The summed E-state index contributed by atoms with van der Waals surface area (Å²) in [6, 6.07) is 7.33. The SMILES string of the molecule is [B]C([B])([B])c1cnc2c(c1)CN(c1nnc(C(=O)NCc3ccncc3)cc1C)CC2. The number of nitrogens with zero attached hydrogens (tertiary/aromatic N) is 5. The van der Waals surface area contributed by atoms with Crippen molar-refractivity contribution in [1.82, 2.24) is 25.5 Å². The molecule has 3 aromatic heterocycles. The fourth-order valence-electron chi connectivity index (χ4n) is 3.52. The first kappa shape index (κ1) is 21.1. The van der Waals surface area contributed by atoms with Gasteiger partial charge >= 0.3 is 0 Å². The standard InChI is InChI=1S/C21H19B3N6O/c1-13-8-18(20(31)27-10-14-2-5-25-6-3-14)28-29-19(13)30-7-4-17-15(12-30)9-16(11-26-17)21(22,23)24/h2-3,5-6,8-9,11H,4,7,10,12H2,1H3,(H,27,31). The number of carbonyl (C=O) groups excluding carboxylic acids is 1. The molecule has 6 radical (unpaired) electrons. The molecule has 0 atom stereocenters. The Morgan fingerprint density at radius 3 is 2.68 bits per heavy atom. The molecule has 0 saturated heterocycles. The van der Waals surface area contributed by atoms with E-state index in [0.717, 1.165) is 41.2 Å². The number of anilines is 1. The van der Waals surface area contributed by atoms with Gasteiger partial charge in [0.2, 0.25) is 0 Å². The Labute approximate surface area is 185 Å². The summed E-state index contributed by atoms with van der Waals surface area (Å²) in [5.74, 6) is 0.447. The smallest absolute Gasteiger partial charge is 0.272 e. The molecule has 1 aliphatic rings. The van der Waals surface area contributed by atoms with E-state index in [4.69, 9.17) is 23.5 Å². The molecule has 0 spiro atoms. The fraction of sp³-hybridized carbons (Fsp3) is 0.286. The first-order valence-corrected chi connectivity index (χ1v) is 9.92. The molecule has 7 nitrogen and oxygen atoms in total. The van der Waals surface area contributed by atoms with Crippen LogP contribution in [0.1, 0.15) is 38.4 Å². The van der Waals surface area contributed by atoms with Crippen LogP contribution in [0.25, 0.3) is 0 Å². The Hall–Kier alpha value is -3.16. The van der Waals surface area contributed by atoms with E-state index in [1.807, 2.05) is 25.1 Å². The number of amides is 1. The Kier molecular flexibility index (Phi) is 5.80. The lowest BCUT2D eigenvalue weighted by atomic mass is 9.40. The highest BCUT2D eigenvalue weighted by Gasteiger charge is 2.23. The number of pyridine rings is 2. The van der Waals surface area contributed by atoms with Gasteiger partial charge in [-0.1, -0.05) is 6.07 Å². The largest absolute Gasteiger partial charge is 0.350 e. The number of hydrogen-bond donors (Lipinski definition) is 1. The highest BCUT2D eigenvalue weighted by Crippen LogP contribution is 2.26. The van der Waals surface area contributed by atoms with Gasteiger partial charge in [-0.25, -0.2) is 0 Å². The van der Waals surface area contributed by atoms with E-state index in [9.17, 15) is 4.79 Å². The van der Waals surface area contributed by atoms with Crippen LogP contribution >= 0.6 is 0 Å². The third-order valence-corrected chi connectivity index (χ3v) is 5.23. The molecule has 4 rings (SSSR count). The van der Waals surface area contributed by atoms with E-state index in [1.165, 1.54) is 0 Å². The molecule has 0 aromatic carbocycles. The number of aryl methyl sites for hydroxylation is 1. The molecular weight excluding hydrogens is 385 g/mol. The number of carbonyl (C=O) groups is 1.